The van der Waals surface area contributed by atoms with Crippen LogP contribution in [0.5, 0.6) is 0 Å². The van der Waals surface area contributed by atoms with Gasteiger partial charge in [0.05, 0.1) is 6.54 Å². The van der Waals surface area contributed by atoms with Crippen molar-refractivity contribution in [3.63, 3.8) is 0 Å². The van der Waals surface area contributed by atoms with Gasteiger partial charge in [-0.25, -0.2) is 0 Å². The zero-order valence-electron chi connectivity index (χ0n) is 16.0. The Balaban J connectivity index is 1.62. The standard InChI is InChI=1S/C19H36N4O2/c1-3-8-21-19(25)14-23-11-6-17(7-12-23)22-18(24)13-15(2)16-4-9-20-10-5-16/h15-17,20H,3-14H2,1-2H3,(H,21,25)(H,22,24). The minimum absolute atomic E-state index is 0.111. The van der Waals surface area contributed by atoms with Gasteiger partial charge in [-0.3, -0.25) is 14.5 Å². The summed E-state index contributed by atoms with van der Waals surface area (Å²) in [7, 11) is 0. The Hall–Kier alpha value is -1.14. The van der Waals surface area contributed by atoms with Crippen LogP contribution in [0.2, 0.25) is 0 Å². The molecule has 25 heavy (non-hydrogen) atoms. The summed E-state index contributed by atoms with van der Waals surface area (Å²) in [5, 5.41) is 9.52. The van der Waals surface area contributed by atoms with E-state index in [-0.39, 0.29) is 17.9 Å². The second-order valence-corrected chi connectivity index (χ2v) is 7.74. The van der Waals surface area contributed by atoms with Crippen molar-refractivity contribution in [2.24, 2.45) is 11.8 Å². The molecule has 0 bridgehead atoms. The van der Waals surface area contributed by atoms with Crippen LogP contribution < -0.4 is 16.0 Å². The fourth-order valence-electron chi connectivity index (χ4n) is 3.92. The lowest BCUT2D eigenvalue weighted by molar-refractivity contribution is -0.124. The lowest BCUT2D eigenvalue weighted by Crippen LogP contribution is -2.47. The van der Waals surface area contributed by atoms with Gasteiger partial charge in [0.1, 0.15) is 0 Å². The second kappa shape index (κ2) is 10.8. The summed E-state index contributed by atoms with van der Waals surface area (Å²) in [4.78, 5) is 26.3. The molecule has 2 aliphatic rings. The van der Waals surface area contributed by atoms with E-state index in [1.165, 1.54) is 12.8 Å². The molecule has 3 N–H and O–H groups in total. The van der Waals surface area contributed by atoms with E-state index in [9.17, 15) is 9.59 Å². The topological polar surface area (TPSA) is 73.5 Å². The first kappa shape index (κ1) is 20.2. The molecular weight excluding hydrogens is 316 g/mol. The molecule has 1 unspecified atom stereocenters. The third-order valence-corrected chi connectivity index (χ3v) is 5.59. The zero-order chi connectivity index (χ0) is 18.1. The van der Waals surface area contributed by atoms with Crippen LogP contribution in [-0.2, 0) is 9.59 Å². The van der Waals surface area contributed by atoms with E-state index in [2.05, 4.69) is 34.7 Å². The van der Waals surface area contributed by atoms with Gasteiger partial charge < -0.3 is 16.0 Å². The van der Waals surface area contributed by atoms with Crippen molar-refractivity contribution in [1.82, 2.24) is 20.9 Å². The molecule has 0 aliphatic carbocycles. The third-order valence-electron chi connectivity index (χ3n) is 5.59. The minimum Gasteiger partial charge on any atom is -0.355 e. The number of nitrogens with one attached hydrogen (secondary N) is 3. The Labute approximate surface area is 152 Å². The summed E-state index contributed by atoms with van der Waals surface area (Å²) in [6.07, 6.45) is 5.86. The predicted octanol–water partition coefficient (Wildman–Crippen LogP) is 1.12. The van der Waals surface area contributed by atoms with E-state index in [4.69, 9.17) is 0 Å². The number of nitrogens with zero attached hydrogens (tertiary/aromatic N) is 1. The molecule has 6 heteroatoms. The maximum Gasteiger partial charge on any atom is 0.234 e. The van der Waals surface area contributed by atoms with Crippen LogP contribution in [0.3, 0.4) is 0 Å². The number of rotatable bonds is 8. The SMILES string of the molecule is CCCNC(=O)CN1CCC(NC(=O)CC(C)C2CCNCC2)CC1. The van der Waals surface area contributed by atoms with Crippen molar-refractivity contribution in [3.8, 4) is 0 Å². The van der Waals surface area contributed by atoms with E-state index >= 15 is 0 Å². The fourth-order valence-corrected chi connectivity index (χ4v) is 3.92. The number of carbonyl (C=O) groups excluding carboxylic acids is 2. The van der Waals surface area contributed by atoms with Crippen LogP contribution in [0, 0.1) is 11.8 Å². The van der Waals surface area contributed by atoms with Gasteiger partial charge in [0.2, 0.25) is 11.8 Å². The summed E-state index contributed by atoms with van der Waals surface area (Å²) in [5.41, 5.74) is 0. The average molecular weight is 353 g/mol. The first-order valence-electron chi connectivity index (χ1n) is 10.1. The summed E-state index contributed by atoms with van der Waals surface area (Å²) in [6, 6.07) is 0.266. The molecule has 2 rings (SSSR count). The quantitative estimate of drug-likeness (QED) is 0.612. The van der Waals surface area contributed by atoms with Gasteiger partial charge in [-0.15, -0.1) is 0 Å². The number of carbonyl (C=O) groups is 2. The summed E-state index contributed by atoms with van der Waals surface area (Å²) in [6.45, 7) is 9.44. The molecule has 2 saturated heterocycles. The smallest absolute Gasteiger partial charge is 0.234 e. The molecule has 6 nitrogen and oxygen atoms in total. The average Bonchev–Trinajstić information content (AvgIpc) is 2.62. The number of hydrogen-bond acceptors (Lipinski definition) is 4. The highest BCUT2D eigenvalue weighted by Gasteiger charge is 2.25. The van der Waals surface area contributed by atoms with Crippen molar-refractivity contribution in [2.75, 3.05) is 39.3 Å². The lowest BCUT2D eigenvalue weighted by Gasteiger charge is -2.32. The van der Waals surface area contributed by atoms with Crippen molar-refractivity contribution in [3.05, 3.63) is 0 Å². The predicted molar refractivity (Wildman–Crippen MR) is 100 cm³/mol. The molecule has 2 heterocycles. The number of amides is 2. The normalized spacial score (nSPS) is 21.7. The molecule has 1 atom stereocenters. The van der Waals surface area contributed by atoms with Crippen LogP contribution in [0.25, 0.3) is 0 Å². The van der Waals surface area contributed by atoms with Gasteiger partial charge >= 0.3 is 0 Å². The molecule has 0 saturated carbocycles. The molecule has 0 aromatic carbocycles. The van der Waals surface area contributed by atoms with Gasteiger partial charge in [-0.05, 0) is 57.0 Å². The first-order valence-corrected chi connectivity index (χ1v) is 10.1. The van der Waals surface area contributed by atoms with E-state index in [1.54, 1.807) is 0 Å². The summed E-state index contributed by atoms with van der Waals surface area (Å²) in [5.74, 6) is 1.45. The Bertz CT molecular complexity index is 416. The molecule has 2 amide bonds. The zero-order valence-corrected chi connectivity index (χ0v) is 16.0. The summed E-state index contributed by atoms with van der Waals surface area (Å²) < 4.78 is 0. The molecule has 0 aromatic rings. The van der Waals surface area contributed by atoms with Crippen molar-refractivity contribution >= 4 is 11.8 Å². The molecular formula is C19H36N4O2. The highest BCUT2D eigenvalue weighted by atomic mass is 16.2. The molecule has 0 spiro atoms. The molecule has 144 valence electrons. The minimum atomic E-state index is 0.111. The van der Waals surface area contributed by atoms with Gasteiger partial charge in [0.15, 0.2) is 0 Å². The van der Waals surface area contributed by atoms with Gasteiger partial charge in [0, 0.05) is 32.1 Å². The van der Waals surface area contributed by atoms with Crippen LogP contribution in [0.4, 0.5) is 0 Å². The van der Waals surface area contributed by atoms with E-state index in [0.717, 1.165) is 52.0 Å². The van der Waals surface area contributed by atoms with Crippen molar-refractivity contribution in [1.29, 1.82) is 0 Å². The maximum atomic E-state index is 12.3. The highest BCUT2D eigenvalue weighted by molar-refractivity contribution is 5.78. The Morgan fingerprint density at radius 2 is 1.80 bits per heavy atom. The maximum absolute atomic E-state index is 12.3. The number of piperidine rings is 2. The van der Waals surface area contributed by atoms with Crippen LogP contribution in [0.1, 0.15) is 52.4 Å². The molecule has 0 radical (unpaired) electrons. The van der Waals surface area contributed by atoms with Crippen molar-refractivity contribution in [2.45, 2.75) is 58.4 Å². The third kappa shape index (κ3) is 7.32. The first-order chi connectivity index (χ1) is 12.1. The number of likely N-dealkylation sites (tertiary alicyclic amines) is 1. The van der Waals surface area contributed by atoms with Crippen LogP contribution >= 0.6 is 0 Å². The Morgan fingerprint density at radius 1 is 1.12 bits per heavy atom. The molecule has 2 fully saturated rings. The second-order valence-electron chi connectivity index (χ2n) is 7.74. The van der Waals surface area contributed by atoms with E-state index in [1.807, 2.05) is 0 Å². The van der Waals surface area contributed by atoms with Crippen LogP contribution in [-0.4, -0.2) is 62.0 Å². The largest absolute Gasteiger partial charge is 0.355 e. The Kier molecular flexibility index (Phi) is 8.68. The number of hydrogen-bond donors (Lipinski definition) is 3. The molecule has 0 aromatic heterocycles. The highest BCUT2D eigenvalue weighted by Crippen LogP contribution is 2.24. The summed E-state index contributed by atoms with van der Waals surface area (Å²) >= 11 is 0. The van der Waals surface area contributed by atoms with E-state index in [0.29, 0.717) is 24.8 Å². The lowest BCUT2D eigenvalue weighted by atomic mass is 9.84. The molecule has 2 aliphatic heterocycles. The van der Waals surface area contributed by atoms with Crippen LogP contribution in [0.15, 0.2) is 0 Å². The van der Waals surface area contributed by atoms with Gasteiger partial charge in [0.25, 0.3) is 0 Å². The van der Waals surface area contributed by atoms with Gasteiger partial charge in [-0.2, -0.15) is 0 Å². The van der Waals surface area contributed by atoms with E-state index < -0.39 is 0 Å². The Morgan fingerprint density at radius 3 is 2.44 bits per heavy atom. The van der Waals surface area contributed by atoms with Gasteiger partial charge in [-0.1, -0.05) is 13.8 Å². The van der Waals surface area contributed by atoms with Crippen molar-refractivity contribution < 1.29 is 9.59 Å². The monoisotopic (exact) mass is 352 g/mol. The fraction of sp³-hybridized carbons (Fsp3) is 0.895.